The Morgan fingerprint density at radius 1 is 1.33 bits per heavy atom. The van der Waals surface area contributed by atoms with E-state index in [-0.39, 0.29) is 0 Å². The average molecular weight is 259 g/mol. The van der Waals surface area contributed by atoms with Crippen LogP contribution in [0, 0.1) is 13.8 Å². The van der Waals surface area contributed by atoms with Crippen molar-refractivity contribution in [3.63, 3.8) is 0 Å². The number of hydrogen-bond acceptors (Lipinski definition) is 5. The van der Waals surface area contributed by atoms with Crippen LogP contribution >= 0.6 is 11.3 Å². The van der Waals surface area contributed by atoms with Crippen LogP contribution < -0.4 is 5.32 Å². The van der Waals surface area contributed by atoms with Crippen LogP contribution in [0.3, 0.4) is 0 Å². The summed E-state index contributed by atoms with van der Waals surface area (Å²) >= 11 is 1.68. The fourth-order valence-electron chi connectivity index (χ4n) is 1.70. The summed E-state index contributed by atoms with van der Waals surface area (Å²) in [5, 5.41) is 8.60. The lowest BCUT2D eigenvalue weighted by Crippen LogP contribution is -2.00. The molecule has 0 fully saturated rings. The first kappa shape index (κ1) is 11.2. The van der Waals surface area contributed by atoms with E-state index in [4.69, 9.17) is 0 Å². The Balaban J connectivity index is 1.78. The molecule has 3 aromatic heterocycles. The lowest BCUT2D eigenvalue weighted by Gasteiger charge is -1.96. The SMILES string of the molecule is Cc1ccc2nc(NCc3ncc(C)s3)nn2c1. The first-order valence-corrected chi connectivity index (χ1v) is 6.50. The monoisotopic (exact) mass is 259 g/mol. The van der Waals surface area contributed by atoms with Gasteiger partial charge in [-0.2, -0.15) is 4.98 Å². The zero-order valence-electron chi connectivity index (χ0n) is 10.2. The highest BCUT2D eigenvalue weighted by Crippen LogP contribution is 2.13. The highest BCUT2D eigenvalue weighted by atomic mass is 32.1. The van der Waals surface area contributed by atoms with Crippen molar-refractivity contribution in [3.05, 3.63) is 40.0 Å². The van der Waals surface area contributed by atoms with Crippen LogP contribution in [-0.2, 0) is 6.54 Å². The quantitative estimate of drug-likeness (QED) is 0.784. The largest absolute Gasteiger partial charge is 0.346 e. The smallest absolute Gasteiger partial charge is 0.243 e. The van der Waals surface area contributed by atoms with Gasteiger partial charge < -0.3 is 5.32 Å². The maximum absolute atomic E-state index is 4.39. The van der Waals surface area contributed by atoms with Crippen molar-refractivity contribution in [2.45, 2.75) is 20.4 Å². The molecule has 0 amide bonds. The van der Waals surface area contributed by atoms with Crippen molar-refractivity contribution in [1.82, 2.24) is 19.6 Å². The van der Waals surface area contributed by atoms with Gasteiger partial charge in [0.15, 0.2) is 5.65 Å². The second-order valence-corrected chi connectivity index (χ2v) is 5.48. The molecular weight excluding hydrogens is 246 g/mol. The molecule has 0 saturated carbocycles. The van der Waals surface area contributed by atoms with Crippen LogP contribution in [0.5, 0.6) is 0 Å². The normalized spacial score (nSPS) is 11.0. The summed E-state index contributed by atoms with van der Waals surface area (Å²) in [4.78, 5) is 9.90. The van der Waals surface area contributed by atoms with Crippen molar-refractivity contribution in [1.29, 1.82) is 0 Å². The molecule has 1 N–H and O–H groups in total. The Bertz CT molecular complexity index is 685. The molecule has 0 aliphatic rings. The molecule has 0 radical (unpaired) electrons. The third kappa shape index (κ3) is 2.19. The zero-order chi connectivity index (χ0) is 12.5. The van der Waals surface area contributed by atoms with Gasteiger partial charge >= 0.3 is 0 Å². The van der Waals surface area contributed by atoms with Crippen LogP contribution in [0.1, 0.15) is 15.4 Å². The van der Waals surface area contributed by atoms with Crippen LogP contribution in [0.2, 0.25) is 0 Å². The van der Waals surface area contributed by atoms with Crippen molar-refractivity contribution >= 4 is 22.9 Å². The van der Waals surface area contributed by atoms with E-state index in [1.165, 1.54) is 4.88 Å². The topological polar surface area (TPSA) is 55.1 Å². The third-order valence-corrected chi connectivity index (χ3v) is 3.46. The van der Waals surface area contributed by atoms with Crippen molar-refractivity contribution in [2.75, 3.05) is 5.32 Å². The highest BCUT2D eigenvalue weighted by molar-refractivity contribution is 7.11. The van der Waals surface area contributed by atoms with Gasteiger partial charge in [0, 0.05) is 17.3 Å². The number of rotatable bonds is 3. The van der Waals surface area contributed by atoms with Gasteiger partial charge in [0.05, 0.1) is 6.54 Å². The Morgan fingerprint density at radius 3 is 3.00 bits per heavy atom. The molecule has 0 unspecified atom stereocenters. The summed E-state index contributed by atoms with van der Waals surface area (Å²) in [5.74, 6) is 0.633. The molecule has 6 heteroatoms. The number of aryl methyl sites for hydroxylation is 2. The first-order chi connectivity index (χ1) is 8.70. The lowest BCUT2D eigenvalue weighted by atomic mass is 10.3. The van der Waals surface area contributed by atoms with Crippen LogP contribution in [-0.4, -0.2) is 19.6 Å². The van der Waals surface area contributed by atoms with Gasteiger partial charge in [-0.3, -0.25) is 0 Å². The van der Waals surface area contributed by atoms with Gasteiger partial charge in [0.2, 0.25) is 5.95 Å². The van der Waals surface area contributed by atoms with E-state index >= 15 is 0 Å². The fraction of sp³-hybridized carbons (Fsp3) is 0.250. The molecule has 0 aliphatic heterocycles. The van der Waals surface area contributed by atoms with E-state index in [0.29, 0.717) is 12.5 Å². The minimum atomic E-state index is 0.633. The average Bonchev–Trinajstić information content (AvgIpc) is 2.92. The van der Waals surface area contributed by atoms with Gasteiger partial charge in [0.1, 0.15) is 5.01 Å². The minimum Gasteiger partial charge on any atom is -0.346 e. The minimum absolute atomic E-state index is 0.633. The van der Waals surface area contributed by atoms with Crippen LogP contribution in [0.25, 0.3) is 5.65 Å². The van der Waals surface area contributed by atoms with E-state index in [0.717, 1.165) is 16.2 Å². The predicted octanol–water partition coefficient (Wildman–Crippen LogP) is 2.41. The number of nitrogens with one attached hydrogen (secondary N) is 1. The Morgan fingerprint density at radius 2 is 2.22 bits per heavy atom. The zero-order valence-corrected chi connectivity index (χ0v) is 11.0. The van der Waals surface area contributed by atoms with E-state index < -0.39 is 0 Å². The number of nitrogens with zero attached hydrogens (tertiary/aromatic N) is 4. The lowest BCUT2D eigenvalue weighted by molar-refractivity contribution is 0.940. The molecule has 0 aromatic carbocycles. The van der Waals surface area contributed by atoms with E-state index in [1.54, 1.807) is 15.9 Å². The van der Waals surface area contributed by atoms with Gasteiger partial charge in [-0.25, -0.2) is 9.50 Å². The molecule has 0 aliphatic carbocycles. The maximum atomic E-state index is 4.39. The third-order valence-electron chi connectivity index (χ3n) is 2.55. The standard InChI is InChI=1S/C12H13N5S/c1-8-3-4-10-15-12(16-17(10)7-8)14-6-11-13-5-9(2)18-11/h3-5,7H,6H2,1-2H3,(H,14,16). The molecule has 3 rings (SSSR count). The maximum Gasteiger partial charge on any atom is 0.243 e. The molecule has 0 atom stereocenters. The fourth-order valence-corrected chi connectivity index (χ4v) is 2.43. The van der Waals surface area contributed by atoms with Gasteiger partial charge in [-0.1, -0.05) is 6.07 Å². The van der Waals surface area contributed by atoms with Crippen LogP contribution in [0.4, 0.5) is 5.95 Å². The second kappa shape index (κ2) is 4.38. The van der Waals surface area contributed by atoms with Crippen molar-refractivity contribution < 1.29 is 0 Å². The summed E-state index contributed by atoms with van der Waals surface area (Å²) in [6.45, 7) is 4.74. The molecule has 92 valence electrons. The summed E-state index contributed by atoms with van der Waals surface area (Å²) in [7, 11) is 0. The molecule has 3 aromatic rings. The summed E-state index contributed by atoms with van der Waals surface area (Å²) in [6, 6.07) is 3.99. The van der Waals surface area contributed by atoms with Gasteiger partial charge in [0.25, 0.3) is 0 Å². The molecule has 18 heavy (non-hydrogen) atoms. The molecule has 5 nitrogen and oxygen atoms in total. The molecule has 0 spiro atoms. The van der Waals surface area contributed by atoms with Crippen molar-refractivity contribution in [3.8, 4) is 0 Å². The number of pyridine rings is 1. The predicted molar refractivity (Wildman–Crippen MR) is 71.9 cm³/mol. The second-order valence-electron chi connectivity index (χ2n) is 4.16. The number of hydrogen-bond donors (Lipinski definition) is 1. The summed E-state index contributed by atoms with van der Waals surface area (Å²) < 4.78 is 1.78. The number of anilines is 1. The van der Waals surface area contributed by atoms with E-state index in [1.807, 2.05) is 38.4 Å². The van der Waals surface area contributed by atoms with E-state index in [2.05, 4.69) is 20.4 Å². The Labute approximate surface area is 109 Å². The summed E-state index contributed by atoms with van der Waals surface area (Å²) in [6.07, 6.45) is 3.84. The molecule has 0 bridgehead atoms. The Kier molecular flexibility index (Phi) is 2.71. The molecule has 0 saturated heterocycles. The highest BCUT2D eigenvalue weighted by Gasteiger charge is 2.04. The van der Waals surface area contributed by atoms with E-state index in [9.17, 15) is 0 Å². The Hall–Kier alpha value is -1.95. The number of thiazole rings is 1. The summed E-state index contributed by atoms with van der Waals surface area (Å²) in [5.41, 5.74) is 2.01. The van der Waals surface area contributed by atoms with Crippen LogP contribution in [0.15, 0.2) is 24.5 Å². The van der Waals surface area contributed by atoms with Gasteiger partial charge in [-0.05, 0) is 25.5 Å². The molecular formula is C12H13N5S. The van der Waals surface area contributed by atoms with Gasteiger partial charge in [-0.15, -0.1) is 16.4 Å². The molecule has 3 heterocycles. The number of aromatic nitrogens is 4. The van der Waals surface area contributed by atoms with Crippen molar-refractivity contribution in [2.24, 2.45) is 0 Å². The first-order valence-electron chi connectivity index (χ1n) is 5.69. The number of fused-ring (bicyclic) bond motifs is 1.